The molecule has 1 aromatic rings. The van der Waals surface area contributed by atoms with Crippen molar-refractivity contribution in [2.45, 2.75) is 25.8 Å². The Kier molecular flexibility index (Phi) is 3.12. The number of carbonyl (C=O) groups is 1. The molecule has 1 unspecified atom stereocenters. The van der Waals surface area contributed by atoms with Crippen LogP contribution in [0.3, 0.4) is 0 Å². The van der Waals surface area contributed by atoms with E-state index in [9.17, 15) is 4.79 Å². The van der Waals surface area contributed by atoms with Crippen LogP contribution in [0.5, 0.6) is 0 Å². The quantitative estimate of drug-likeness (QED) is 0.716. The molecule has 0 spiro atoms. The number of imidazole rings is 1. The second-order valence-electron chi connectivity index (χ2n) is 3.94. The van der Waals surface area contributed by atoms with Crippen molar-refractivity contribution >= 4 is 11.9 Å². The molecule has 0 amide bonds. The van der Waals surface area contributed by atoms with Gasteiger partial charge in [-0.05, 0) is 19.8 Å². The van der Waals surface area contributed by atoms with Gasteiger partial charge in [-0.25, -0.2) is 9.78 Å². The van der Waals surface area contributed by atoms with Gasteiger partial charge in [0.15, 0.2) is 0 Å². The summed E-state index contributed by atoms with van der Waals surface area (Å²) in [7, 11) is 1.93. The van der Waals surface area contributed by atoms with Crippen LogP contribution in [-0.4, -0.2) is 34.7 Å². The van der Waals surface area contributed by atoms with E-state index < -0.39 is 0 Å². The molecule has 1 fully saturated rings. The summed E-state index contributed by atoms with van der Waals surface area (Å²) in [6, 6.07) is -0.166. The number of esters is 1. The van der Waals surface area contributed by atoms with Gasteiger partial charge in [0.05, 0.1) is 6.61 Å². The third-order valence-electron chi connectivity index (χ3n) is 2.86. The van der Waals surface area contributed by atoms with Crippen molar-refractivity contribution < 1.29 is 9.53 Å². The van der Waals surface area contributed by atoms with Crippen LogP contribution in [0.4, 0.5) is 5.95 Å². The summed E-state index contributed by atoms with van der Waals surface area (Å²) in [5.74, 6) is 0.707. The second kappa shape index (κ2) is 4.55. The Labute approximate surface area is 95.0 Å². The molecule has 0 radical (unpaired) electrons. The third kappa shape index (κ3) is 1.89. The first kappa shape index (κ1) is 11.0. The molecule has 0 aliphatic carbocycles. The van der Waals surface area contributed by atoms with Crippen molar-refractivity contribution in [1.29, 1.82) is 0 Å². The van der Waals surface area contributed by atoms with Crippen molar-refractivity contribution in [1.82, 2.24) is 9.55 Å². The van der Waals surface area contributed by atoms with Gasteiger partial charge in [0.2, 0.25) is 5.95 Å². The minimum Gasteiger partial charge on any atom is -0.464 e. The number of ether oxygens (including phenoxy) is 1. The maximum absolute atomic E-state index is 11.8. The Hall–Kier alpha value is -1.52. The summed E-state index contributed by atoms with van der Waals surface area (Å²) in [6.45, 7) is 3.13. The van der Waals surface area contributed by atoms with Gasteiger partial charge < -0.3 is 14.2 Å². The van der Waals surface area contributed by atoms with E-state index in [4.69, 9.17) is 4.74 Å². The molecule has 2 rings (SSSR count). The topological polar surface area (TPSA) is 47.4 Å². The smallest absolute Gasteiger partial charge is 0.328 e. The minimum absolute atomic E-state index is 0.136. The SMILES string of the molecule is CCOC(=O)C1CCCN1c1nccn1C. The van der Waals surface area contributed by atoms with E-state index in [-0.39, 0.29) is 12.0 Å². The summed E-state index contributed by atoms with van der Waals surface area (Å²) in [5.41, 5.74) is 0. The molecule has 0 aromatic carbocycles. The molecule has 1 aliphatic heterocycles. The molecule has 5 nitrogen and oxygen atoms in total. The van der Waals surface area contributed by atoms with E-state index in [1.807, 2.05) is 29.6 Å². The van der Waals surface area contributed by atoms with Gasteiger partial charge in [0.25, 0.3) is 0 Å². The summed E-state index contributed by atoms with van der Waals surface area (Å²) >= 11 is 0. The summed E-state index contributed by atoms with van der Waals surface area (Å²) in [6.07, 6.45) is 5.49. The summed E-state index contributed by atoms with van der Waals surface area (Å²) < 4.78 is 7.00. The molecule has 2 heterocycles. The zero-order valence-corrected chi connectivity index (χ0v) is 9.72. The molecule has 5 heteroatoms. The zero-order valence-electron chi connectivity index (χ0n) is 9.72. The predicted octanol–water partition coefficient (Wildman–Crippen LogP) is 0.952. The van der Waals surface area contributed by atoms with Gasteiger partial charge >= 0.3 is 5.97 Å². The summed E-state index contributed by atoms with van der Waals surface area (Å²) in [4.78, 5) is 18.1. The molecule has 0 N–H and O–H groups in total. The van der Waals surface area contributed by atoms with Crippen LogP contribution in [0.15, 0.2) is 12.4 Å². The third-order valence-corrected chi connectivity index (χ3v) is 2.86. The van der Waals surface area contributed by atoms with E-state index in [0.29, 0.717) is 6.61 Å². The molecule has 0 bridgehead atoms. The number of hydrogen-bond donors (Lipinski definition) is 0. The second-order valence-corrected chi connectivity index (χ2v) is 3.94. The lowest BCUT2D eigenvalue weighted by Gasteiger charge is -2.23. The van der Waals surface area contributed by atoms with Gasteiger partial charge in [0, 0.05) is 26.0 Å². The molecule has 1 saturated heterocycles. The number of aromatic nitrogens is 2. The monoisotopic (exact) mass is 223 g/mol. The number of rotatable bonds is 3. The molecular formula is C11H17N3O2. The Morgan fingerprint density at radius 2 is 2.50 bits per heavy atom. The fourth-order valence-corrected chi connectivity index (χ4v) is 2.12. The lowest BCUT2D eigenvalue weighted by atomic mass is 10.2. The summed E-state index contributed by atoms with van der Waals surface area (Å²) in [5, 5.41) is 0. The zero-order chi connectivity index (χ0) is 11.5. The van der Waals surface area contributed by atoms with Crippen molar-refractivity contribution in [2.75, 3.05) is 18.1 Å². The highest BCUT2D eigenvalue weighted by Gasteiger charge is 2.33. The van der Waals surface area contributed by atoms with E-state index in [2.05, 4.69) is 4.98 Å². The largest absolute Gasteiger partial charge is 0.464 e. The van der Waals surface area contributed by atoms with Gasteiger partial charge in [0.1, 0.15) is 6.04 Å². The molecule has 1 aromatic heterocycles. The van der Waals surface area contributed by atoms with Crippen LogP contribution >= 0.6 is 0 Å². The highest BCUT2D eigenvalue weighted by molar-refractivity contribution is 5.80. The van der Waals surface area contributed by atoms with Crippen LogP contribution in [0, 0.1) is 0 Å². The number of hydrogen-bond acceptors (Lipinski definition) is 4. The first-order chi connectivity index (χ1) is 7.74. The van der Waals surface area contributed by atoms with Crippen molar-refractivity contribution in [3.05, 3.63) is 12.4 Å². The molecular weight excluding hydrogens is 206 g/mol. The lowest BCUT2D eigenvalue weighted by molar-refractivity contribution is -0.144. The Bertz CT molecular complexity index is 375. The maximum atomic E-state index is 11.8. The number of aryl methyl sites for hydroxylation is 1. The van der Waals surface area contributed by atoms with E-state index in [1.165, 1.54) is 0 Å². The van der Waals surface area contributed by atoms with E-state index >= 15 is 0 Å². The molecule has 88 valence electrons. The normalized spacial score (nSPS) is 20.1. The van der Waals surface area contributed by atoms with Crippen LogP contribution < -0.4 is 4.90 Å². The maximum Gasteiger partial charge on any atom is 0.328 e. The highest BCUT2D eigenvalue weighted by Crippen LogP contribution is 2.24. The molecule has 0 saturated carbocycles. The van der Waals surface area contributed by atoms with Crippen molar-refractivity contribution in [3.8, 4) is 0 Å². The van der Waals surface area contributed by atoms with Crippen molar-refractivity contribution in [3.63, 3.8) is 0 Å². The van der Waals surface area contributed by atoms with Gasteiger partial charge in [-0.2, -0.15) is 0 Å². The highest BCUT2D eigenvalue weighted by atomic mass is 16.5. The van der Waals surface area contributed by atoms with Gasteiger partial charge in [-0.3, -0.25) is 0 Å². The Morgan fingerprint density at radius 3 is 3.12 bits per heavy atom. The first-order valence-electron chi connectivity index (χ1n) is 5.64. The van der Waals surface area contributed by atoms with Gasteiger partial charge in [-0.1, -0.05) is 0 Å². The predicted molar refractivity (Wildman–Crippen MR) is 60.2 cm³/mol. The minimum atomic E-state index is -0.166. The van der Waals surface area contributed by atoms with Crippen molar-refractivity contribution in [2.24, 2.45) is 7.05 Å². The fraction of sp³-hybridized carbons (Fsp3) is 0.636. The Morgan fingerprint density at radius 1 is 1.69 bits per heavy atom. The van der Waals surface area contributed by atoms with E-state index in [0.717, 1.165) is 25.3 Å². The average Bonchev–Trinajstić information content (AvgIpc) is 2.85. The average molecular weight is 223 g/mol. The number of anilines is 1. The molecule has 1 aliphatic rings. The fourth-order valence-electron chi connectivity index (χ4n) is 2.12. The lowest BCUT2D eigenvalue weighted by Crippen LogP contribution is -2.38. The Balaban J connectivity index is 2.15. The van der Waals surface area contributed by atoms with Gasteiger partial charge in [-0.15, -0.1) is 0 Å². The first-order valence-corrected chi connectivity index (χ1v) is 5.64. The molecule has 1 atom stereocenters. The van der Waals surface area contributed by atoms with E-state index in [1.54, 1.807) is 6.20 Å². The van der Waals surface area contributed by atoms with Crippen LogP contribution in [0.2, 0.25) is 0 Å². The van der Waals surface area contributed by atoms with Crippen LogP contribution in [-0.2, 0) is 16.6 Å². The van der Waals surface area contributed by atoms with Crippen LogP contribution in [0.25, 0.3) is 0 Å². The number of nitrogens with zero attached hydrogens (tertiary/aromatic N) is 3. The van der Waals surface area contributed by atoms with Crippen LogP contribution in [0.1, 0.15) is 19.8 Å². The standard InChI is InChI=1S/C11H17N3O2/c1-3-16-10(15)9-5-4-7-14(9)11-12-6-8-13(11)2/h6,8-9H,3-5,7H2,1-2H3. The number of carbonyl (C=O) groups excluding carboxylic acids is 1. The molecule has 16 heavy (non-hydrogen) atoms.